The van der Waals surface area contributed by atoms with Crippen LogP contribution in [-0.4, -0.2) is 52.9 Å². The number of hydrogen-bond acceptors (Lipinski definition) is 7. The van der Waals surface area contributed by atoms with E-state index in [-0.39, 0.29) is 23.1 Å². The van der Waals surface area contributed by atoms with Crippen molar-refractivity contribution < 1.29 is 19.1 Å². The zero-order valence-corrected chi connectivity index (χ0v) is 26.9. The second kappa shape index (κ2) is 15.0. The number of benzene rings is 3. The Hall–Kier alpha value is -4.41. The van der Waals surface area contributed by atoms with Gasteiger partial charge >= 0.3 is 11.7 Å². The lowest BCUT2D eigenvalue weighted by Crippen LogP contribution is -2.44. The van der Waals surface area contributed by atoms with Gasteiger partial charge in [-0.25, -0.2) is 14.2 Å². The third-order valence-corrected chi connectivity index (χ3v) is 7.56. The van der Waals surface area contributed by atoms with Gasteiger partial charge in [-0.05, 0) is 81.3 Å². The second-order valence-electron chi connectivity index (χ2n) is 11.1. The molecule has 2 N–H and O–H groups in total. The normalized spacial score (nSPS) is 11.9. The van der Waals surface area contributed by atoms with Gasteiger partial charge in [0.25, 0.3) is 11.5 Å². The molecule has 4 aromatic rings. The maximum absolute atomic E-state index is 13.6. The van der Waals surface area contributed by atoms with E-state index in [0.717, 1.165) is 17.5 Å². The summed E-state index contributed by atoms with van der Waals surface area (Å²) in [5, 5.41) is 6.65. The molecule has 3 aromatic carbocycles. The number of carbonyl (C=O) groups excluding carboxylic acids is 2. The molecule has 0 saturated carbocycles. The Kier molecular flexibility index (Phi) is 11.2. The van der Waals surface area contributed by atoms with E-state index in [1.165, 1.54) is 4.57 Å². The minimum atomic E-state index is -1.01. The van der Waals surface area contributed by atoms with Gasteiger partial charge in [-0.15, -0.1) is 0 Å². The molecule has 11 heteroatoms. The van der Waals surface area contributed by atoms with Crippen molar-refractivity contribution in [2.24, 2.45) is 7.05 Å². The molecule has 1 aromatic heterocycles. The van der Waals surface area contributed by atoms with E-state index in [2.05, 4.69) is 17.6 Å². The summed E-state index contributed by atoms with van der Waals surface area (Å²) >= 11 is 6.29. The first-order chi connectivity index (χ1) is 21.5. The number of halogens is 1. The summed E-state index contributed by atoms with van der Waals surface area (Å²) in [5.74, 6) is -0.551. The Bertz CT molecular complexity index is 1780. The summed E-state index contributed by atoms with van der Waals surface area (Å²) in [4.78, 5) is 53.1. The number of aryl methyl sites for hydroxylation is 2. The van der Waals surface area contributed by atoms with Crippen LogP contribution in [0.1, 0.15) is 48.7 Å². The first-order valence-electron chi connectivity index (χ1n) is 15.0. The predicted molar refractivity (Wildman–Crippen MR) is 176 cm³/mol. The average molecular weight is 635 g/mol. The minimum Gasteiger partial charge on any atom is -0.492 e. The number of nitrogens with one attached hydrogen (secondary N) is 2. The Labute approximate surface area is 266 Å². The van der Waals surface area contributed by atoms with Gasteiger partial charge in [0, 0.05) is 20.0 Å². The lowest BCUT2D eigenvalue weighted by molar-refractivity contribution is -0.149. The highest BCUT2D eigenvalue weighted by Gasteiger charge is 2.26. The molecule has 1 heterocycles. The largest absolute Gasteiger partial charge is 0.492 e. The molecule has 0 bridgehead atoms. The van der Waals surface area contributed by atoms with Crippen LogP contribution in [0.4, 0.5) is 0 Å². The molecule has 45 heavy (non-hydrogen) atoms. The zero-order chi connectivity index (χ0) is 32.7. The number of ether oxygens (including phenoxy) is 2. The molecule has 0 radical (unpaired) electrons. The maximum Gasteiger partial charge on any atom is 0.335 e. The summed E-state index contributed by atoms with van der Waals surface area (Å²) in [6, 6.07) is 15.9. The van der Waals surface area contributed by atoms with E-state index >= 15 is 0 Å². The predicted octanol–water partition coefficient (Wildman–Crippen LogP) is 4.32. The maximum atomic E-state index is 13.6. The van der Waals surface area contributed by atoms with E-state index < -0.39 is 29.2 Å². The van der Waals surface area contributed by atoms with Crippen LogP contribution < -0.4 is 26.6 Å². The molecule has 0 aliphatic carbocycles. The summed E-state index contributed by atoms with van der Waals surface area (Å²) in [7, 11) is 1.61. The van der Waals surface area contributed by atoms with E-state index in [4.69, 9.17) is 21.1 Å². The van der Waals surface area contributed by atoms with Crippen molar-refractivity contribution in [2.75, 3.05) is 19.7 Å². The molecule has 0 saturated heterocycles. The van der Waals surface area contributed by atoms with Crippen LogP contribution in [-0.2, 0) is 23.0 Å². The van der Waals surface area contributed by atoms with Crippen molar-refractivity contribution in [3.05, 3.63) is 103 Å². The van der Waals surface area contributed by atoms with Crippen LogP contribution in [0.2, 0.25) is 5.02 Å². The van der Waals surface area contributed by atoms with E-state index in [0.29, 0.717) is 46.6 Å². The van der Waals surface area contributed by atoms with Crippen LogP contribution in [0.25, 0.3) is 16.6 Å². The molecule has 1 amide bonds. The number of hydrogen-bond donors (Lipinski definition) is 2. The van der Waals surface area contributed by atoms with Gasteiger partial charge in [-0.2, -0.15) is 0 Å². The topological polar surface area (TPSA) is 121 Å². The highest BCUT2D eigenvalue weighted by Crippen LogP contribution is 2.21. The number of aromatic nitrogens is 2. The number of nitrogens with zero attached hydrogens (tertiary/aromatic N) is 2. The van der Waals surface area contributed by atoms with Gasteiger partial charge in [0.1, 0.15) is 18.4 Å². The number of fused-ring (bicyclic) bond motifs is 1. The summed E-state index contributed by atoms with van der Waals surface area (Å²) < 4.78 is 13.8. The van der Waals surface area contributed by atoms with Crippen LogP contribution in [0.15, 0.2) is 70.3 Å². The summed E-state index contributed by atoms with van der Waals surface area (Å²) in [6.45, 7) is 9.32. The molecule has 0 aliphatic rings. The van der Waals surface area contributed by atoms with E-state index in [9.17, 15) is 19.2 Å². The SMILES string of the molecule is CCCNCCOc1ccc2c(c1)c(=O)n(-c1ccc(C[C@H](NC(=O)c3c(C)cccc3Cl)C(=O)OC(C)C)cc1)c(=O)n2C. The van der Waals surface area contributed by atoms with Gasteiger partial charge in [-0.3, -0.25) is 14.2 Å². The molecule has 0 unspecified atom stereocenters. The van der Waals surface area contributed by atoms with E-state index in [1.807, 2.05) is 0 Å². The van der Waals surface area contributed by atoms with Gasteiger partial charge in [-0.1, -0.05) is 42.8 Å². The molecule has 0 aliphatic heterocycles. The molecular formula is C34H39ClN4O6. The number of amides is 1. The van der Waals surface area contributed by atoms with Crippen molar-refractivity contribution in [3.8, 4) is 11.4 Å². The smallest absolute Gasteiger partial charge is 0.335 e. The van der Waals surface area contributed by atoms with Crippen molar-refractivity contribution in [3.63, 3.8) is 0 Å². The quantitative estimate of drug-likeness (QED) is 0.166. The Balaban J connectivity index is 1.61. The van der Waals surface area contributed by atoms with Crippen molar-refractivity contribution in [1.29, 1.82) is 0 Å². The number of rotatable bonds is 13. The van der Waals surface area contributed by atoms with Crippen LogP contribution in [0, 0.1) is 6.92 Å². The lowest BCUT2D eigenvalue weighted by atomic mass is 10.0. The fourth-order valence-corrected chi connectivity index (χ4v) is 5.28. The molecule has 4 rings (SSSR count). The molecule has 10 nitrogen and oxygen atoms in total. The summed E-state index contributed by atoms with van der Waals surface area (Å²) in [6.07, 6.45) is 0.746. The van der Waals surface area contributed by atoms with Crippen molar-refractivity contribution >= 4 is 34.4 Å². The lowest BCUT2D eigenvalue weighted by Gasteiger charge is -2.20. The van der Waals surface area contributed by atoms with Gasteiger partial charge in [0.2, 0.25) is 0 Å². The first kappa shape index (κ1) is 33.5. The molecule has 0 fully saturated rings. The van der Waals surface area contributed by atoms with Crippen LogP contribution in [0.5, 0.6) is 5.75 Å². The molecule has 238 valence electrons. The first-order valence-corrected chi connectivity index (χ1v) is 15.3. The fourth-order valence-electron chi connectivity index (χ4n) is 4.97. The molecule has 1 atom stereocenters. The fraction of sp³-hybridized carbons (Fsp3) is 0.353. The minimum absolute atomic E-state index is 0.111. The average Bonchev–Trinajstić information content (AvgIpc) is 3.00. The van der Waals surface area contributed by atoms with Crippen LogP contribution >= 0.6 is 11.6 Å². The van der Waals surface area contributed by atoms with Gasteiger partial charge in [0.15, 0.2) is 0 Å². The monoisotopic (exact) mass is 634 g/mol. The molecular weight excluding hydrogens is 596 g/mol. The highest BCUT2D eigenvalue weighted by molar-refractivity contribution is 6.34. The standard InChI is InChI=1S/C34H39ClN4O6/c1-6-16-36-17-18-44-25-14-15-29-26(20-25)32(41)39(34(43)38(29)5)24-12-10-23(11-13-24)19-28(33(42)45-21(2)3)37-31(40)30-22(4)8-7-9-27(30)35/h7-15,20-21,28,36H,6,16-19H2,1-5H3,(H,37,40)/t28-/m0/s1. The Morgan fingerprint density at radius 1 is 1.00 bits per heavy atom. The van der Waals surface area contributed by atoms with Crippen LogP contribution in [0.3, 0.4) is 0 Å². The Morgan fingerprint density at radius 2 is 1.73 bits per heavy atom. The second-order valence-corrected chi connectivity index (χ2v) is 11.5. The van der Waals surface area contributed by atoms with Crippen molar-refractivity contribution in [1.82, 2.24) is 19.8 Å². The molecule has 0 spiro atoms. The van der Waals surface area contributed by atoms with E-state index in [1.54, 1.807) is 88.5 Å². The highest BCUT2D eigenvalue weighted by atomic mass is 35.5. The Morgan fingerprint density at radius 3 is 2.40 bits per heavy atom. The third kappa shape index (κ3) is 8.01. The van der Waals surface area contributed by atoms with Crippen molar-refractivity contribution in [2.45, 2.75) is 52.7 Å². The third-order valence-electron chi connectivity index (χ3n) is 7.24. The van der Waals surface area contributed by atoms with Gasteiger partial charge < -0.3 is 20.1 Å². The summed E-state index contributed by atoms with van der Waals surface area (Å²) in [5.41, 5.74) is 1.51. The van der Waals surface area contributed by atoms with Gasteiger partial charge in [0.05, 0.1) is 33.3 Å². The number of carbonyl (C=O) groups is 2. The zero-order valence-electron chi connectivity index (χ0n) is 26.2. The number of esters is 1.